The molecule has 1 aliphatic rings. The van der Waals surface area contributed by atoms with Crippen LogP contribution in [0, 0.1) is 0 Å². The summed E-state index contributed by atoms with van der Waals surface area (Å²) in [7, 11) is -1.69. The first-order valence-electron chi connectivity index (χ1n) is 7.15. The number of fused-ring (bicyclic) bond motifs is 1. The van der Waals surface area contributed by atoms with Crippen molar-refractivity contribution in [2.24, 2.45) is 0 Å². The Hall–Kier alpha value is -0.420. The Labute approximate surface area is 143 Å². The molecule has 1 heterocycles. The fourth-order valence-corrected chi connectivity index (χ4v) is 5.22. The van der Waals surface area contributed by atoms with Crippen LogP contribution >= 0.6 is 10.5 Å². The number of halogens is 4. The highest BCUT2D eigenvalue weighted by Crippen LogP contribution is 2.54. The van der Waals surface area contributed by atoms with Gasteiger partial charge in [-0.1, -0.05) is 31.4 Å². The van der Waals surface area contributed by atoms with Crippen molar-refractivity contribution < 1.29 is 44.5 Å². The van der Waals surface area contributed by atoms with Crippen LogP contribution in [0.2, 0.25) is 0 Å². The van der Waals surface area contributed by atoms with Gasteiger partial charge >= 0.3 is 5.51 Å². The second kappa shape index (κ2) is 8.11. The topological polar surface area (TPSA) is 69.2 Å². The lowest BCUT2D eigenvalue weighted by Gasteiger charge is -2.18. The van der Waals surface area contributed by atoms with Crippen molar-refractivity contribution in [1.29, 1.82) is 0 Å². The van der Waals surface area contributed by atoms with Crippen molar-refractivity contribution in [3.05, 3.63) is 35.2 Å². The van der Waals surface area contributed by atoms with Crippen LogP contribution in [-0.4, -0.2) is 0 Å². The van der Waals surface area contributed by atoms with Crippen LogP contribution in [0.25, 0.3) is 10.1 Å². The quantitative estimate of drug-likeness (QED) is 0.428. The molecule has 1 unspecified atom stereocenters. The van der Waals surface area contributed by atoms with Gasteiger partial charge in [0.05, 0.1) is 10.5 Å². The van der Waals surface area contributed by atoms with Crippen molar-refractivity contribution in [3.8, 4) is 0 Å². The summed E-state index contributed by atoms with van der Waals surface area (Å²) in [6.45, 7) is 0. The Morgan fingerprint density at radius 1 is 1.00 bits per heavy atom. The molecular formula is C15H16F3IO3S. The summed E-state index contributed by atoms with van der Waals surface area (Å²) < 4.78 is 66.4. The molecule has 1 aromatic heterocycles. The number of thiophene rings is 1. The van der Waals surface area contributed by atoms with E-state index in [1.54, 1.807) is 18.2 Å². The largest absolute Gasteiger partial charge is 0.600 e. The third kappa shape index (κ3) is 5.02. The van der Waals surface area contributed by atoms with Gasteiger partial charge in [-0.2, -0.15) is 0 Å². The Balaban J connectivity index is 0.000000433. The number of rotatable bonds is 1. The Morgan fingerprint density at radius 3 is 2.13 bits per heavy atom. The number of benzene rings is 1. The van der Waals surface area contributed by atoms with E-state index in [-0.39, 0.29) is 5.92 Å². The zero-order valence-corrected chi connectivity index (χ0v) is 15.1. The van der Waals surface area contributed by atoms with Gasteiger partial charge in [-0.05, 0) is 25.0 Å². The first-order valence-corrected chi connectivity index (χ1v) is 11.0. The first kappa shape index (κ1) is 18.9. The summed E-state index contributed by atoms with van der Waals surface area (Å²) in [6, 6.07) is 8.77. The predicted octanol–water partition coefficient (Wildman–Crippen LogP) is -0.450. The molecule has 1 fully saturated rings. The normalized spacial score (nSPS) is 17.3. The van der Waals surface area contributed by atoms with Gasteiger partial charge in [0.1, 0.15) is 0 Å². The third-order valence-electron chi connectivity index (χ3n) is 3.91. The predicted molar refractivity (Wildman–Crippen MR) is 73.6 cm³/mol. The second-order valence-electron chi connectivity index (χ2n) is 5.36. The van der Waals surface area contributed by atoms with Crippen LogP contribution in [0.4, 0.5) is 13.2 Å². The van der Waals surface area contributed by atoms with E-state index in [4.69, 9.17) is 10.3 Å². The van der Waals surface area contributed by atoms with Crippen molar-refractivity contribution in [3.63, 3.8) is 0 Å². The lowest BCUT2D eigenvalue weighted by Crippen LogP contribution is -4.05. The molecule has 0 bridgehead atoms. The Bertz CT molecular complexity index is 634. The number of alkyl halides is 3. The van der Waals surface area contributed by atoms with E-state index in [0.29, 0.717) is 9.58 Å². The molecule has 3 nitrogen and oxygen atoms in total. The van der Waals surface area contributed by atoms with Crippen molar-refractivity contribution in [2.75, 3.05) is 0 Å². The smallest absolute Gasteiger partial charge is 0.427 e. The molecule has 8 heteroatoms. The molecule has 23 heavy (non-hydrogen) atoms. The van der Waals surface area contributed by atoms with Gasteiger partial charge in [0.25, 0.3) is 21.1 Å². The number of hydrogen-bond acceptors (Lipinski definition) is 3. The molecule has 3 rings (SSSR count). The summed E-state index contributed by atoms with van der Waals surface area (Å²) in [6.07, 6.45) is 5.12. The van der Waals surface area contributed by atoms with E-state index >= 15 is 0 Å². The molecule has 1 aliphatic carbocycles. The van der Waals surface area contributed by atoms with E-state index in [9.17, 15) is 13.2 Å². The minimum Gasteiger partial charge on any atom is -0.427 e. The van der Waals surface area contributed by atoms with E-state index < -0.39 is 37.0 Å². The maximum absolute atomic E-state index is 13.4. The molecule has 0 spiro atoms. The van der Waals surface area contributed by atoms with E-state index in [1.807, 2.05) is 12.1 Å². The molecule has 1 atom stereocenters. The Morgan fingerprint density at radius 2 is 1.57 bits per heavy atom. The van der Waals surface area contributed by atoms with Crippen LogP contribution < -0.4 is 31.4 Å². The van der Waals surface area contributed by atoms with Crippen LogP contribution in [0.5, 0.6) is 0 Å². The average molecular weight is 460 g/mol. The van der Waals surface area contributed by atoms with Gasteiger partial charge < -0.3 is 10.3 Å². The van der Waals surface area contributed by atoms with Gasteiger partial charge in [0.15, 0.2) is 9.58 Å². The summed E-state index contributed by atoms with van der Waals surface area (Å²) in [5, 5.41) is 0.767. The zero-order chi connectivity index (χ0) is 17.0. The van der Waals surface area contributed by atoms with Gasteiger partial charge in [0.2, 0.25) is 0 Å². The molecule has 0 amide bonds. The summed E-state index contributed by atoms with van der Waals surface area (Å²) in [4.78, 5) is 0.633. The molecule has 0 N–H and O–H groups in total. The highest BCUT2D eigenvalue weighted by Gasteiger charge is 2.49. The van der Waals surface area contributed by atoms with Crippen LogP contribution in [0.15, 0.2) is 30.3 Å². The van der Waals surface area contributed by atoms with Crippen LogP contribution in [0.1, 0.15) is 42.9 Å². The fourth-order valence-electron chi connectivity index (χ4n) is 3.05. The highest BCUT2D eigenvalue weighted by molar-refractivity contribution is 7.38. The first-order chi connectivity index (χ1) is 10.8. The molecule has 0 saturated heterocycles. The zero-order valence-electron chi connectivity index (χ0n) is 12.1. The molecule has 0 radical (unpaired) electrons. The van der Waals surface area contributed by atoms with Gasteiger partial charge in [-0.25, -0.2) is 0 Å². The lowest BCUT2D eigenvalue weighted by molar-refractivity contribution is -1.73. The monoisotopic (exact) mass is 460 g/mol. The molecule has 0 aliphatic heterocycles. The highest BCUT2D eigenvalue weighted by atomic mass is 127. The van der Waals surface area contributed by atoms with Crippen LogP contribution in [-0.2, 0) is 5.51 Å². The van der Waals surface area contributed by atoms with Crippen molar-refractivity contribution in [2.45, 2.75) is 43.5 Å². The Kier molecular flexibility index (Phi) is 6.66. The van der Waals surface area contributed by atoms with Crippen molar-refractivity contribution >= 4 is 20.6 Å². The second-order valence-corrected chi connectivity index (χ2v) is 8.43. The van der Waals surface area contributed by atoms with Gasteiger partial charge in [-0.3, -0.25) is 0 Å². The molecule has 1 aromatic carbocycles. The molecule has 2 aromatic rings. The van der Waals surface area contributed by atoms with E-state index in [0.717, 1.165) is 37.5 Å². The maximum Gasteiger partial charge on any atom is 0.600 e. The standard InChI is InChI=1S/C15H16F3S.IO3/c16-15(17,18)19-13-9-5-4-8-12(13)10-14(19)11-6-2-1-3-7-11;2-1(3)4/h4-5,8-11H,1-3,6-7H2;/q+1;-1. The summed E-state index contributed by atoms with van der Waals surface area (Å²) in [5.74, 6) is 0.131. The minimum absolute atomic E-state index is 0.131. The third-order valence-corrected chi connectivity index (χ3v) is 6.11. The fraction of sp³-hybridized carbons (Fsp3) is 0.467. The SMILES string of the molecule is FC(F)(F)[s+]1c(C2CCCCC2)cc2ccccc21.[O-][I+2]([O-])[O-]. The maximum atomic E-state index is 13.4. The average Bonchev–Trinajstić information content (AvgIpc) is 2.87. The van der Waals surface area contributed by atoms with Gasteiger partial charge in [-0.15, -0.1) is 13.2 Å². The molecular weight excluding hydrogens is 444 g/mol. The van der Waals surface area contributed by atoms with E-state index in [2.05, 4.69) is 0 Å². The van der Waals surface area contributed by atoms with Crippen LogP contribution in [0.3, 0.4) is 0 Å². The summed E-state index contributed by atoms with van der Waals surface area (Å²) >= 11 is -4.01. The van der Waals surface area contributed by atoms with Crippen molar-refractivity contribution in [1.82, 2.24) is 0 Å². The van der Waals surface area contributed by atoms with Gasteiger partial charge in [0, 0.05) is 17.4 Å². The molecule has 1 saturated carbocycles. The molecule has 128 valence electrons. The lowest BCUT2D eigenvalue weighted by atomic mass is 9.88. The minimum atomic E-state index is -4.14. The summed E-state index contributed by atoms with van der Waals surface area (Å²) in [5.41, 5.74) is -4.14. The number of hydrogen-bond donors (Lipinski definition) is 0. The van der Waals surface area contributed by atoms with E-state index in [1.165, 1.54) is 0 Å².